The van der Waals surface area contributed by atoms with Crippen molar-refractivity contribution >= 4 is 33.9 Å². The van der Waals surface area contributed by atoms with Crippen LogP contribution in [0.25, 0.3) is 10.8 Å². The van der Waals surface area contributed by atoms with Gasteiger partial charge in [-0.3, -0.25) is 0 Å². The first-order chi connectivity index (χ1) is 12.1. The monoisotopic (exact) mass is 352 g/mol. The summed E-state index contributed by atoms with van der Waals surface area (Å²) in [5.41, 5.74) is 4.05. The number of fused-ring (bicyclic) bond motifs is 1. The smallest absolute Gasteiger partial charge is 0.159 e. The summed E-state index contributed by atoms with van der Waals surface area (Å²) < 4.78 is 0. The first-order valence-corrected chi connectivity index (χ1v) is 9.00. The molecule has 0 atom stereocenters. The Balaban J connectivity index is 1.59. The number of hydrogen-bond donors (Lipinski definition) is 0. The van der Waals surface area contributed by atoms with Crippen molar-refractivity contribution in [3.8, 4) is 0 Å². The second kappa shape index (κ2) is 6.52. The van der Waals surface area contributed by atoms with Gasteiger partial charge < -0.3 is 9.80 Å². The number of aromatic nitrogens is 2. The molecule has 4 nitrogen and oxygen atoms in total. The summed E-state index contributed by atoms with van der Waals surface area (Å²) in [5.74, 6) is 0.931. The van der Waals surface area contributed by atoms with Gasteiger partial charge >= 0.3 is 0 Å². The standard InChI is InChI=1S/C20H21ClN4/c1-14-6-5-9-18(15(14)2)24-10-12-25(13-11-24)20-17-8-4-3-7-16(17)19(21)22-23-20/h3-9H,10-13H2,1-2H3. The molecule has 25 heavy (non-hydrogen) atoms. The number of halogens is 1. The predicted octanol–water partition coefficient (Wildman–Crippen LogP) is 4.23. The lowest BCUT2D eigenvalue weighted by Gasteiger charge is -2.37. The van der Waals surface area contributed by atoms with Crippen LogP contribution in [0.2, 0.25) is 5.15 Å². The van der Waals surface area contributed by atoms with E-state index in [0.29, 0.717) is 5.15 Å². The van der Waals surface area contributed by atoms with Crippen LogP contribution in [0.1, 0.15) is 11.1 Å². The van der Waals surface area contributed by atoms with Crippen LogP contribution in [0.3, 0.4) is 0 Å². The molecule has 1 fully saturated rings. The molecule has 4 rings (SSSR count). The minimum absolute atomic E-state index is 0.466. The average Bonchev–Trinajstić information content (AvgIpc) is 2.65. The van der Waals surface area contributed by atoms with Crippen LogP contribution in [-0.2, 0) is 0 Å². The van der Waals surface area contributed by atoms with Gasteiger partial charge in [-0.05, 0) is 31.0 Å². The summed E-state index contributed by atoms with van der Waals surface area (Å²) >= 11 is 6.20. The van der Waals surface area contributed by atoms with Crippen LogP contribution in [0.5, 0.6) is 0 Å². The average molecular weight is 353 g/mol. The lowest BCUT2D eigenvalue weighted by molar-refractivity contribution is 0.644. The Morgan fingerprint density at radius 1 is 0.800 bits per heavy atom. The summed E-state index contributed by atoms with van der Waals surface area (Å²) in [6.45, 7) is 8.17. The van der Waals surface area contributed by atoms with Crippen LogP contribution in [0, 0.1) is 13.8 Å². The molecule has 0 N–H and O–H groups in total. The molecule has 0 aliphatic carbocycles. The summed E-state index contributed by atoms with van der Waals surface area (Å²) in [4.78, 5) is 4.78. The zero-order valence-corrected chi connectivity index (χ0v) is 15.3. The minimum Gasteiger partial charge on any atom is -0.368 e. The normalized spacial score (nSPS) is 15.0. The Morgan fingerprint density at radius 2 is 1.48 bits per heavy atom. The number of anilines is 2. The Labute approximate surface area is 153 Å². The highest BCUT2D eigenvalue weighted by Gasteiger charge is 2.22. The van der Waals surface area contributed by atoms with Crippen LogP contribution in [0.15, 0.2) is 42.5 Å². The van der Waals surface area contributed by atoms with Crippen molar-refractivity contribution in [1.82, 2.24) is 10.2 Å². The second-order valence-electron chi connectivity index (χ2n) is 6.55. The van der Waals surface area contributed by atoms with Crippen LogP contribution in [0.4, 0.5) is 11.5 Å². The molecule has 0 unspecified atom stereocenters. The minimum atomic E-state index is 0.466. The Bertz CT molecular complexity index is 917. The third kappa shape index (κ3) is 2.91. The number of benzene rings is 2. The fourth-order valence-electron chi connectivity index (χ4n) is 3.53. The summed E-state index contributed by atoms with van der Waals surface area (Å²) in [6, 6.07) is 14.6. The molecule has 0 amide bonds. The van der Waals surface area contributed by atoms with E-state index in [0.717, 1.165) is 42.8 Å². The van der Waals surface area contributed by atoms with Gasteiger partial charge in [0.15, 0.2) is 11.0 Å². The van der Waals surface area contributed by atoms with Gasteiger partial charge in [-0.2, -0.15) is 0 Å². The number of nitrogens with zero attached hydrogens (tertiary/aromatic N) is 4. The fourth-order valence-corrected chi connectivity index (χ4v) is 3.73. The molecule has 128 valence electrons. The maximum atomic E-state index is 6.20. The molecule has 0 radical (unpaired) electrons. The maximum Gasteiger partial charge on any atom is 0.159 e. The van der Waals surface area contributed by atoms with Crippen LogP contribution in [-0.4, -0.2) is 36.4 Å². The fraction of sp³-hybridized carbons (Fsp3) is 0.300. The van der Waals surface area contributed by atoms with E-state index in [-0.39, 0.29) is 0 Å². The van der Waals surface area contributed by atoms with E-state index >= 15 is 0 Å². The highest BCUT2D eigenvalue weighted by molar-refractivity contribution is 6.34. The zero-order valence-electron chi connectivity index (χ0n) is 14.5. The van der Waals surface area contributed by atoms with Gasteiger partial charge in [0.1, 0.15) is 0 Å². The van der Waals surface area contributed by atoms with Crippen molar-refractivity contribution in [3.05, 3.63) is 58.7 Å². The Kier molecular flexibility index (Phi) is 4.22. The largest absolute Gasteiger partial charge is 0.368 e. The van der Waals surface area contributed by atoms with E-state index in [9.17, 15) is 0 Å². The van der Waals surface area contributed by atoms with Gasteiger partial charge in [0.2, 0.25) is 0 Å². The topological polar surface area (TPSA) is 32.3 Å². The molecule has 2 heterocycles. The van der Waals surface area contributed by atoms with E-state index in [1.165, 1.54) is 16.8 Å². The molecule has 0 bridgehead atoms. The third-order valence-electron chi connectivity index (χ3n) is 5.12. The summed E-state index contributed by atoms with van der Waals surface area (Å²) in [6.07, 6.45) is 0. The molecule has 0 spiro atoms. The number of aryl methyl sites for hydroxylation is 1. The quantitative estimate of drug-likeness (QED) is 0.691. The lowest BCUT2D eigenvalue weighted by atomic mass is 10.1. The molecule has 2 aromatic carbocycles. The van der Waals surface area contributed by atoms with Crippen LogP contribution >= 0.6 is 11.6 Å². The van der Waals surface area contributed by atoms with Crippen molar-refractivity contribution in [2.24, 2.45) is 0 Å². The third-order valence-corrected chi connectivity index (χ3v) is 5.40. The maximum absolute atomic E-state index is 6.20. The Hall–Kier alpha value is -2.33. The van der Waals surface area contributed by atoms with Gasteiger partial charge in [-0.1, -0.05) is 48.0 Å². The highest BCUT2D eigenvalue weighted by atomic mass is 35.5. The number of hydrogen-bond acceptors (Lipinski definition) is 4. The summed E-state index contributed by atoms with van der Waals surface area (Å²) in [7, 11) is 0. The van der Waals surface area contributed by atoms with Gasteiger partial charge in [0, 0.05) is 42.6 Å². The molecule has 1 aromatic heterocycles. The second-order valence-corrected chi connectivity index (χ2v) is 6.91. The van der Waals surface area contributed by atoms with E-state index < -0.39 is 0 Å². The molecule has 1 saturated heterocycles. The number of rotatable bonds is 2. The van der Waals surface area contributed by atoms with Gasteiger partial charge in [-0.15, -0.1) is 10.2 Å². The number of piperazine rings is 1. The summed E-state index contributed by atoms with van der Waals surface area (Å²) in [5, 5.41) is 11.0. The van der Waals surface area contributed by atoms with E-state index in [4.69, 9.17) is 11.6 Å². The van der Waals surface area contributed by atoms with Gasteiger partial charge in [0.05, 0.1) is 0 Å². The van der Waals surface area contributed by atoms with E-state index in [2.05, 4.69) is 58.1 Å². The van der Waals surface area contributed by atoms with Crippen molar-refractivity contribution in [2.45, 2.75) is 13.8 Å². The van der Waals surface area contributed by atoms with Crippen molar-refractivity contribution in [3.63, 3.8) is 0 Å². The molecular formula is C20H21ClN4. The van der Waals surface area contributed by atoms with Gasteiger partial charge in [0.25, 0.3) is 0 Å². The van der Waals surface area contributed by atoms with Crippen molar-refractivity contribution < 1.29 is 0 Å². The lowest BCUT2D eigenvalue weighted by Crippen LogP contribution is -2.47. The zero-order chi connectivity index (χ0) is 17.4. The van der Waals surface area contributed by atoms with E-state index in [1.54, 1.807) is 0 Å². The predicted molar refractivity (Wildman–Crippen MR) is 105 cm³/mol. The first-order valence-electron chi connectivity index (χ1n) is 8.62. The van der Waals surface area contributed by atoms with Crippen molar-refractivity contribution in [2.75, 3.05) is 36.0 Å². The molecule has 3 aromatic rings. The first kappa shape index (κ1) is 16.2. The SMILES string of the molecule is Cc1cccc(N2CCN(c3nnc(Cl)c4ccccc34)CC2)c1C. The highest BCUT2D eigenvalue weighted by Crippen LogP contribution is 2.30. The molecule has 5 heteroatoms. The van der Waals surface area contributed by atoms with Crippen molar-refractivity contribution in [1.29, 1.82) is 0 Å². The van der Waals surface area contributed by atoms with Crippen LogP contribution < -0.4 is 9.80 Å². The Morgan fingerprint density at radius 3 is 2.24 bits per heavy atom. The van der Waals surface area contributed by atoms with E-state index in [1.807, 2.05) is 18.2 Å². The molecule has 0 saturated carbocycles. The molecule has 1 aliphatic rings. The molecular weight excluding hydrogens is 332 g/mol. The van der Waals surface area contributed by atoms with Gasteiger partial charge in [-0.25, -0.2) is 0 Å². The molecule has 1 aliphatic heterocycles.